The first-order valence-corrected chi connectivity index (χ1v) is 11.7. The number of benzene rings is 1. The molecule has 0 spiro atoms. The number of pyridine rings is 2. The molecule has 0 unspecified atom stereocenters. The van der Waals surface area contributed by atoms with E-state index in [0.717, 1.165) is 40.6 Å². The van der Waals surface area contributed by atoms with Crippen molar-refractivity contribution < 1.29 is 10.4 Å². The van der Waals surface area contributed by atoms with Gasteiger partial charge in [0, 0.05) is 30.5 Å². The summed E-state index contributed by atoms with van der Waals surface area (Å²) < 4.78 is 17.3. The summed E-state index contributed by atoms with van der Waals surface area (Å²) in [4.78, 5) is 4.59. The van der Waals surface area contributed by atoms with Gasteiger partial charge in [-0.05, 0) is 70.9 Å². The van der Waals surface area contributed by atoms with Gasteiger partial charge in [0.05, 0.1) is 5.56 Å². The van der Waals surface area contributed by atoms with Crippen molar-refractivity contribution in [3.63, 3.8) is 0 Å². The Morgan fingerprint density at radius 2 is 1.78 bits per heavy atom. The minimum absolute atomic E-state index is 0.0479. The Hall–Kier alpha value is -2.68. The molecule has 3 aromatic heterocycles. The minimum Gasteiger partial charge on any atom is -0.437 e. The van der Waals surface area contributed by atoms with E-state index in [-0.39, 0.29) is 10.8 Å². The highest BCUT2D eigenvalue weighted by atomic mass is 16.3. The fourth-order valence-electron chi connectivity index (χ4n) is 5.80. The van der Waals surface area contributed by atoms with Crippen LogP contribution < -0.4 is 4.57 Å². The number of hydrogen-bond donors (Lipinski definition) is 0. The molecule has 0 atom stereocenters. The third-order valence-corrected chi connectivity index (χ3v) is 7.66. The highest BCUT2D eigenvalue weighted by Gasteiger charge is 2.42. The Morgan fingerprint density at radius 3 is 2.47 bits per heavy atom. The monoisotopic (exact) mass is 428 g/mol. The van der Waals surface area contributed by atoms with Crippen molar-refractivity contribution in [2.45, 2.75) is 78.0 Å². The van der Waals surface area contributed by atoms with Crippen molar-refractivity contribution >= 4 is 22.1 Å². The number of hydrogen-bond acceptors (Lipinski definition) is 2. The van der Waals surface area contributed by atoms with Gasteiger partial charge in [-0.3, -0.25) is 0 Å². The van der Waals surface area contributed by atoms with Crippen LogP contribution in [0.15, 0.2) is 41.1 Å². The van der Waals surface area contributed by atoms with Gasteiger partial charge >= 0.3 is 0 Å². The Bertz CT molecular complexity index is 1420. The van der Waals surface area contributed by atoms with Crippen molar-refractivity contribution in [3.05, 3.63) is 58.9 Å². The summed E-state index contributed by atoms with van der Waals surface area (Å²) in [5, 5.41) is 2.30. The van der Waals surface area contributed by atoms with E-state index >= 15 is 0 Å². The molecule has 3 heteroatoms. The van der Waals surface area contributed by atoms with Crippen LogP contribution >= 0.6 is 0 Å². The molecule has 0 N–H and O–H groups in total. The fraction of sp³-hybridized carbons (Fsp3) is 0.448. The molecule has 0 aliphatic heterocycles. The van der Waals surface area contributed by atoms with Crippen LogP contribution in [0.2, 0.25) is 0 Å². The van der Waals surface area contributed by atoms with Crippen molar-refractivity contribution in [3.8, 4) is 11.3 Å². The molecular formula is C29H35N2O+. The first-order valence-electron chi connectivity index (χ1n) is 12.2. The third-order valence-electron chi connectivity index (χ3n) is 7.66. The molecule has 0 bridgehead atoms. The van der Waals surface area contributed by atoms with E-state index < -0.39 is 5.89 Å². The van der Waals surface area contributed by atoms with Crippen molar-refractivity contribution in [2.75, 3.05) is 0 Å². The van der Waals surface area contributed by atoms with Gasteiger partial charge in [0.2, 0.25) is 11.4 Å². The third kappa shape index (κ3) is 2.93. The van der Waals surface area contributed by atoms with E-state index in [4.69, 9.17) is 5.79 Å². The second kappa shape index (κ2) is 6.91. The Labute approximate surface area is 192 Å². The summed E-state index contributed by atoms with van der Waals surface area (Å²) in [7, 11) is 2.08. The van der Waals surface area contributed by atoms with E-state index in [1.807, 2.05) is 26.1 Å². The summed E-state index contributed by atoms with van der Waals surface area (Å²) in [6.07, 6.45) is 6.17. The first-order chi connectivity index (χ1) is 15.3. The number of aromatic nitrogens is 2. The van der Waals surface area contributed by atoms with Crippen LogP contribution in [0, 0.1) is 6.92 Å². The van der Waals surface area contributed by atoms with Crippen molar-refractivity contribution in [1.82, 2.24) is 4.98 Å². The molecule has 166 valence electrons. The largest absolute Gasteiger partial charge is 0.437 e. The molecule has 1 aliphatic rings. The number of nitrogens with zero attached hydrogens (tertiary/aromatic N) is 2. The average molecular weight is 429 g/mol. The molecule has 5 rings (SSSR count). The molecule has 1 aromatic carbocycles. The van der Waals surface area contributed by atoms with E-state index in [2.05, 4.69) is 75.6 Å². The van der Waals surface area contributed by atoms with Crippen LogP contribution in [0.5, 0.6) is 0 Å². The topological polar surface area (TPSA) is 29.9 Å². The second-order valence-electron chi connectivity index (χ2n) is 11.1. The van der Waals surface area contributed by atoms with Gasteiger partial charge in [0.25, 0.3) is 0 Å². The average Bonchev–Trinajstić information content (AvgIpc) is 3.09. The lowest BCUT2D eigenvalue weighted by molar-refractivity contribution is -0.660. The Kier molecular flexibility index (Phi) is 4.31. The van der Waals surface area contributed by atoms with Gasteiger partial charge in [-0.15, -0.1) is 0 Å². The van der Waals surface area contributed by atoms with Gasteiger partial charge < -0.3 is 4.42 Å². The maximum absolute atomic E-state index is 8.63. The van der Waals surface area contributed by atoms with Crippen LogP contribution in [0.3, 0.4) is 0 Å². The summed E-state index contributed by atoms with van der Waals surface area (Å²) in [6.45, 7) is 15.7. The lowest BCUT2D eigenvalue weighted by Gasteiger charge is -2.43. The van der Waals surface area contributed by atoms with Crippen LogP contribution in [0.4, 0.5) is 0 Å². The van der Waals surface area contributed by atoms with Gasteiger partial charge in [0.1, 0.15) is 7.05 Å². The molecule has 0 saturated carbocycles. The molecule has 0 saturated heterocycles. The Balaban J connectivity index is 2.03. The van der Waals surface area contributed by atoms with Gasteiger partial charge in [-0.2, -0.15) is 0 Å². The molecule has 1 aliphatic carbocycles. The van der Waals surface area contributed by atoms with Gasteiger partial charge in [0.15, 0.2) is 11.8 Å². The van der Waals surface area contributed by atoms with Crippen molar-refractivity contribution in [2.24, 2.45) is 7.05 Å². The molecule has 32 heavy (non-hydrogen) atoms. The maximum atomic E-state index is 8.63. The van der Waals surface area contributed by atoms with Crippen LogP contribution in [0.25, 0.3) is 33.3 Å². The summed E-state index contributed by atoms with van der Waals surface area (Å²) >= 11 is 0. The summed E-state index contributed by atoms with van der Waals surface area (Å²) in [6, 6.07) is 8.37. The molecule has 4 aromatic rings. The highest BCUT2D eigenvalue weighted by molar-refractivity contribution is 6.12. The molecule has 0 fully saturated rings. The van der Waals surface area contributed by atoms with Gasteiger partial charge in [-0.25, -0.2) is 9.55 Å². The zero-order chi connectivity index (χ0) is 23.9. The second-order valence-corrected chi connectivity index (χ2v) is 11.1. The number of rotatable bonds is 2. The summed E-state index contributed by atoms with van der Waals surface area (Å²) in [5.74, 6) is -0.680. The lowest BCUT2D eigenvalue weighted by atomic mass is 9.60. The number of furan rings is 1. The van der Waals surface area contributed by atoms with E-state index in [0.29, 0.717) is 5.71 Å². The normalized spacial score (nSPS) is 18.1. The van der Waals surface area contributed by atoms with Crippen molar-refractivity contribution in [1.29, 1.82) is 0 Å². The molecule has 0 amide bonds. The SMILES string of the molecule is [2H]C(C)(C)c1cc[n+](C)c(-c2c(C)c3c(c4c2oc2ncccc24)C(C)(C)CCC3(C)C)c1. The zero-order valence-corrected chi connectivity index (χ0v) is 20.7. The van der Waals surface area contributed by atoms with E-state index in [1.165, 1.54) is 22.1 Å². The highest BCUT2D eigenvalue weighted by Crippen LogP contribution is 2.54. The molecule has 3 nitrogen and oxygen atoms in total. The zero-order valence-electron chi connectivity index (χ0n) is 21.7. The fourth-order valence-corrected chi connectivity index (χ4v) is 5.80. The number of fused-ring (bicyclic) bond motifs is 5. The van der Waals surface area contributed by atoms with Crippen LogP contribution in [0.1, 0.15) is 83.9 Å². The molecule has 0 radical (unpaired) electrons. The number of aryl methyl sites for hydroxylation is 1. The molecule has 3 heterocycles. The van der Waals surface area contributed by atoms with E-state index in [1.54, 1.807) is 0 Å². The predicted molar refractivity (Wildman–Crippen MR) is 132 cm³/mol. The van der Waals surface area contributed by atoms with E-state index in [9.17, 15) is 0 Å². The summed E-state index contributed by atoms with van der Waals surface area (Å²) in [5.41, 5.74) is 9.07. The Morgan fingerprint density at radius 1 is 1.09 bits per heavy atom. The first kappa shape index (κ1) is 20.0. The van der Waals surface area contributed by atoms with Crippen LogP contribution in [-0.4, -0.2) is 4.98 Å². The molecular weight excluding hydrogens is 392 g/mol. The standard InChI is InChI=1S/C29H35N2O/c1-17(2)19-11-15-31(8)21(16-19)22-18(3)24-25(29(6,7)13-12-28(24,4)5)23-20-10-9-14-30-27(20)32-26(22)23/h9-11,14-17H,12-13H2,1-8H3/q+1/i17D. The maximum Gasteiger partial charge on any atom is 0.227 e. The smallest absolute Gasteiger partial charge is 0.227 e. The van der Waals surface area contributed by atoms with Crippen LogP contribution in [-0.2, 0) is 17.9 Å². The quantitative estimate of drug-likeness (QED) is 0.315. The minimum atomic E-state index is -0.680. The van der Waals surface area contributed by atoms with Gasteiger partial charge in [-0.1, -0.05) is 41.5 Å². The predicted octanol–water partition coefficient (Wildman–Crippen LogP) is 7.25. The lowest BCUT2D eigenvalue weighted by Crippen LogP contribution is -2.36.